The summed E-state index contributed by atoms with van der Waals surface area (Å²) in [7, 11) is 3.26. The monoisotopic (exact) mass is 245 g/mol. The van der Waals surface area contributed by atoms with Crippen LogP contribution < -0.4 is 15.2 Å². The molecule has 2 rings (SSSR count). The molecular weight excluding hydrogens is 230 g/mol. The van der Waals surface area contributed by atoms with Gasteiger partial charge >= 0.3 is 0 Å². The summed E-state index contributed by atoms with van der Waals surface area (Å²) in [5.74, 6) is 2.67. The van der Waals surface area contributed by atoms with E-state index in [9.17, 15) is 0 Å². The van der Waals surface area contributed by atoms with Crippen LogP contribution in [0.3, 0.4) is 0 Å². The maximum absolute atomic E-state index is 5.63. The van der Waals surface area contributed by atoms with E-state index in [0.717, 1.165) is 17.1 Å². The molecule has 0 radical (unpaired) electrons. The van der Waals surface area contributed by atoms with Crippen molar-refractivity contribution in [1.29, 1.82) is 0 Å². The second-order valence-corrected chi connectivity index (χ2v) is 3.75. The van der Waals surface area contributed by atoms with E-state index in [1.54, 1.807) is 26.5 Å². The van der Waals surface area contributed by atoms with Gasteiger partial charge in [0.2, 0.25) is 0 Å². The van der Waals surface area contributed by atoms with E-state index < -0.39 is 0 Å². The molecule has 0 aliphatic carbocycles. The van der Waals surface area contributed by atoms with E-state index in [0.29, 0.717) is 18.1 Å². The molecule has 2 N–H and O–H groups in total. The molecule has 0 saturated carbocycles. The molecule has 0 amide bonds. The summed E-state index contributed by atoms with van der Waals surface area (Å²) in [6.45, 7) is 0. The topological polar surface area (TPSA) is 70.3 Å². The Kier molecular flexibility index (Phi) is 3.62. The van der Waals surface area contributed by atoms with Crippen LogP contribution in [-0.4, -0.2) is 24.2 Å². The lowest BCUT2D eigenvalue weighted by molar-refractivity contribution is 0.399. The van der Waals surface area contributed by atoms with E-state index in [4.69, 9.17) is 15.2 Å². The molecule has 18 heavy (non-hydrogen) atoms. The van der Waals surface area contributed by atoms with Gasteiger partial charge in [0.1, 0.15) is 23.1 Å². The highest BCUT2D eigenvalue weighted by Gasteiger charge is 2.08. The highest BCUT2D eigenvalue weighted by atomic mass is 16.5. The molecule has 0 unspecified atom stereocenters. The van der Waals surface area contributed by atoms with Crippen LogP contribution in [0, 0.1) is 0 Å². The molecule has 1 heterocycles. The molecule has 5 nitrogen and oxygen atoms in total. The number of nitrogens with two attached hydrogens (primary N) is 1. The van der Waals surface area contributed by atoms with Crippen LogP contribution in [0.2, 0.25) is 0 Å². The minimum absolute atomic E-state index is 0.460. The average molecular weight is 245 g/mol. The summed E-state index contributed by atoms with van der Waals surface area (Å²) in [5.41, 5.74) is 6.59. The van der Waals surface area contributed by atoms with Crippen LogP contribution >= 0.6 is 0 Å². The smallest absolute Gasteiger partial charge is 0.135 e. The number of nitrogen functional groups attached to an aromatic ring is 1. The zero-order chi connectivity index (χ0) is 13.0. The number of anilines is 1. The van der Waals surface area contributed by atoms with Crippen LogP contribution in [0.5, 0.6) is 11.5 Å². The molecular formula is C13H15N3O2. The second kappa shape index (κ2) is 5.35. The lowest BCUT2D eigenvalue weighted by atomic mass is 10.1. The first kappa shape index (κ1) is 12.2. The largest absolute Gasteiger partial charge is 0.497 e. The molecule has 0 spiro atoms. The van der Waals surface area contributed by atoms with Gasteiger partial charge in [0.25, 0.3) is 0 Å². The van der Waals surface area contributed by atoms with Crippen molar-refractivity contribution in [3.05, 3.63) is 41.9 Å². The van der Waals surface area contributed by atoms with Crippen molar-refractivity contribution in [2.24, 2.45) is 0 Å². The third-order valence-corrected chi connectivity index (χ3v) is 2.56. The Balaban J connectivity index is 2.32. The van der Waals surface area contributed by atoms with Gasteiger partial charge in [0.05, 0.1) is 14.2 Å². The fourth-order valence-corrected chi connectivity index (χ4v) is 1.69. The fourth-order valence-electron chi connectivity index (χ4n) is 1.69. The molecule has 0 bridgehead atoms. The van der Waals surface area contributed by atoms with Crippen LogP contribution in [-0.2, 0) is 6.42 Å². The van der Waals surface area contributed by atoms with E-state index in [-0.39, 0.29) is 0 Å². The number of methoxy groups -OCH3 is 2. The number of benzene rings is 1. The van der Waals surface area contributed by atoms with Crippen molar-refractivity contribution >= 4 is 5.82 Å². The van der Waals surface area contributed by atoms with E-state index in [1.165, 1.54) is 0 Å². The Morgan fingerprint density at radius 2 is 2.00 bits per heavy atom. The minimum Gasteiger partial charge on any atom is -0.497 e. The third-order valence-electron chi connectivity index (χ3n) is 2.56. The summed E-state index contributed by atoms with van der Waals surface area (Å²) in [4.78, 5) is 8.35. The van der Waals surface area contributed by atoms with Gasteiger partial charge in [-0.05, 0) is 24.3 Å². The SMILES string of the molecule is COc1ccc(OC)c(Cc2nccc(N)n2)c1. The van der Waals surface area contributed by atoms with Gasteiger partial charge in [-0.1, -0.05) is 0 Å². The molecule has 0 atom stereocenters. The Hall–Kier alpha value is -2.30. The predicted octanol–water partition coefficient (Wildman–Crippen LogP) is 1.67. The summed E-state index contributed by atoms with van der Waals surface area (Å²) in [6.07, 6.45) is 2.19. The predicted molar refractivity (Wildman–Crippen MR) is 68.8 cm³/mol. The van der Waals surface area contributed by atoms with Crippen LogP contribution in [0.25, 0.3) is 0 Å². The van der Waals surface area contributed by atoms with Crippen LogP contribution in [0.1, 0.15) is 11.4 Å². The quantitative estimate of drug-likeness (QED) is 0.887. The Morgan fingerprint density at radius 3 is 2.67 bits per heavy atom. The minimum atomic E-state index is 0.460. The van der Waals surface area contributed by atoms with Gasteiger partial charge in [-0.25, -0.2) is 9.97 Å². The summed E-state index contributed by atoms with van der Waals surface area (Å²) < 4.78 is 10.5. The molecule has 1 aromatic carbocycles. The van der Waals surface area contributed by atoms with Crippen molar-refractivity contribution in [2.75, 3.05) is 20.0 Å². The number of rotatable bonds is 4. The maximum Gasteiger partial charge on any atom is 0.135 e. The van der Waals surface area contributed by atoms with E-state index >= 15 is 0 Å². The van der Waals surface area contributed by atoms with Gasteiger partial charge in [-0.2, -0.15) is 0 Å². The van der Waals surface area contributed by atoms with Crippen LogP contribution in [0.4, 0.5) is 5.82 Å². The normalized spacial score (nSPS) is 10.1. The number of hydrogen-bond acceptors (Lipinski definition) is 5. The highest BCUT2D eigenvalue weighted by molar-refractivity contribution is 5.42. The molecule has 0 aliphatic heterocycles. The number of aromatic nitrogens is 2. The molecule has 0 aliphatic rings. The molecule has 0 saturated heterocycles. The summed E-state index contributed by atoms with van der Waals surface area (Å²) >= 11 is 0. The van der Waals surface area contributed by atoms with Crippen molar-refractivity contribution in [2.45, 2.75) is 6.42 Å². The number of ether oxygens (including phenoxy) is 2. The average Bonchev–Trinajstić information content (AvgIpc) is 2.38. The zero-order valence-electron chi connectivity index (χ0n) is 10.4. The van der Waals surface area contributed by atoms with Crippen LogP contribution in [0.15, 0.2) is 30.5 Å². The van der Waals surface area contributed by atoms with Gasteiger partial charge in [0, 0.05) is 18.2 Å². The third kappa shape index (κ3) is 2.68. The van der Waals surface area contributed by atoms with Crippen molar-refractivity contribution < 1.29 is 9.47 Å². The summed E-state index contributed by atoms with van der Waals surface area (Å²) in [6, 6.07) is 7.28. The molecule has 2 aromatic rings. The van der Waals surface area contributed by atoms with Gasteiger partial charge < -0.3 is 15.2 Å². The first-order chi connectivity index (χ1) is 8.72. The first-order valence-electron chi connectivity index (χ1n) is 5.51. The summed E-state index contributed by atoms with van der Waals surface area (Å²) in [5, 5.41) is 0. The van der Waals surface area contributed by atoms with Crippen molar-refractivity contribution in [1.82, 2.24) is 9.97 Å². The lowest BCUT2D eigenvalue weighted by Gasteiger charge is -2.09. The van der Waals surface area contributed by atoms with Gasteiger partial charge in [0.15, 0.2) is 0 Å². The van der Waals surface area contributed by atoms with Gasteiger partial charge in [-0.3, -0.25) is 0 Å². The van der Waals surface area contributed by atoms with Crippen molar-refractivity contribution in [3.63, 3.8) is 0 Å². The van der Waals surface area contributed by atoms with E-state index in [1.807, 2.05) is 18.2 Å². The zero-order valence-corrected chi connectivity index (χ0v) is 10.4. The molecule has 5 heteroatoms. The first-order valence-corrected chi connectivity index (χ1v) is 5.51. The second-order valence-electron chi connectivity index (χ2n) is 3.75. The lowest BCUT2D eigenvalue weighted by Crippen LogP contribution is -2.01. The van der Waals surface area contributed by atoms with Gasteiger partial charge in [-0.15, -0.1) is 0 Å². The Labute approximate surface area is 106 Å². The standard InChI is InChI=1S/C13H15N3O2/c1-17-10-3-4-11(18-2)9(7-10)8-13-15-6-5-12(14)16-13/h3-7H,8H2,1-2H3,(H2,14,15,16). The molecule has 0 fully saturated rings. The molecule has 1 aromatic heterocycles. The highest BCUT2D eigenvalue weighted by Crippen LogP contribution is 2.25. The number of hydrogen-bond donors (Lipinski definition) is 1. The molecule has 94 valence electrons. The Bertz CT molecular complexity index is 544. The maximum atomic E-state index is 5.63. The Morgan fingerprint density at radius 1 is 1.17 bits per heavy atom. The fraction of sp³-hybridized carbons (Fsp3) is 0.231. The van der Waals surface area contributed by atoms with E-state index in [2.05, 4.69) is 9.97 Å². The number of nitrogens with zero attached hydrogens (tertiary/aromatic N) is 2. The van der Waals surface area contributed by atoms with Crippen molar-refractivity contribution in [3.8, 4) is 11.5 Å².